The molecule has 1 atom stereocenters. The summed E-state index contributed by atoms with van der Waals surface area (Å²) in [5.41, 5.74) is 13.2. The van der Waals surface area contributed by atoms with Crippen molar-refractivity contribution in [3.05, 3.63) is 87.7 Å². The van der Waals surface area contributed by atoms with Crippen LogP contribution in [0.2, 0.25) is 0 Å². The third kappa shape index (κ3) is 5.29. The van der Waals surface area contributed by atoms with Crippen molar-refractivity contribution in [2.45, 2.75) is 39.3 Å². The number of carboxylic acids is 1. The number of aliphatic carboxylic acids is 1. The number of fused-ring (bicyclic) bond motifs is 1. The van der Waals surface area contributed by atoms with Crippen molar-refractivity contribution >= 4 is 17.3 Å². The number of benzene rings is 3. The quantitative estimate of drug-likeness (QED) is 0.256. The van der Waals surface area contributed by atoms with Crippen LogP contribution in [0, 0.1) is 19.7 Å². The zero-order chi connectivity index (χ0) is 26.0. The van der Waals surface area contributed by atoms with Crippen molar-refractivity contribution in [1.29, 1.82) is 0 Å². The van der Waals surface area contributed by atoms with Gasteiger partial charge in [0.15, 0.2) is 11.6 Å². The number of ether oxygens (including phenoxy) is 1. The van der Waals surface area contributed by atoms with Crippen LogP contribution in [-0.4, -0.2) is 36.2 Å². The number of anilines is 2. The van der Waals surface area contributed by atoms with Crippen LogP contribution in [0.5, 0.6) is 5.75 Å². The van der Waals surface area contributed by atoms with Gasteiger partial charge in [-0.1, -0.05) is 36.4 Å². The van der Waals surface area contributed by atoms with Gasteiger partial charge in [0.25, 0.3) is 0 Å². The number of nitrogens with two attached hydrogens (primary N) is 2. The van der Waals surface area contributed by atoms with Gasteiger partial charge in [-0.2, -0.15) is 0 Å². The summed E-state index contributed by atoms with van der Waals surface area (Å²) in [6, 6.07) is 14.8. The molecule has 1 heterocycles. The second-order valence-electron chi connectivity index (χ2n) is 9.45. The van der Waals surface area contributed by atoms with Crippen LogP contribution in [0.15, 0.2) is 48.5 Å². The molecule has 3 aromatic rings. The van der Waals surface area contributed by atoms with Gasteiger partial charge >= 0.3 is 5.97 Å². The average Bonchev–Trinajstić information content (AvgIpc) is 3.03. The maximum atomic E-state index is 14.2. The number of hydrogen-bond donors (Lipinski definition) is 3. The van der Waals surface area contributed by atoms with E-state index in [4.69, 9.17) is 16.3 Å². The van der Waals surface area contributed by atoms with Crippen LogP contribution in [0.25, 0.3) is 0 Å². The minimum Gasteiger partial charge on any atom is -0.489 e. The predicted octanol–water partition coefficient (Wildman–Crippen LogP) is 4.34. The van der Waals surface area contributed by atoms with Gasteiger partial charge < -0.3 is 20.6 Å². The largest absolute Gasteiger partial charge is 0.489 e. The van der Waals surface area contributed by atoms with Crippen LogP contribution < -0.4 is 21.3 Å². The first-order valence-corrected chi connectivity index (χ1v) is 12.0. The zero-order valence-corrected chi connectivity index (χ0v) is 20.9. The van der Waals surface area contributed by atoms with Gasteiger partial charge in [-0.05, 0) is 53.8 Å². The molecular formula is C28H33FN4O3. The topological polar surface area (TPSA) is 105 Å². The molecule has 0 spiro atoms. The van der Waals surface area contributed by atoms with Crippen molar-refractivity contribution < 1.29 is 19.0 Å². The van der Waals surface area contributed by atoms with E-state index in [-0.39, 0.29) is 18.2 Å². The van der Waals surface area contributed by atoms with Gasteiger partial charge in [0.1, 0.15) is 6.61 Å². The van der Waals surface area contributed by atoms with E-state index in [1.54, 1.807) is 13.1 Å². The molecule has 5 N–H and O–H groups in total. The Labute approximate surface area is 211 Å². The molecule has 4 rings (SSSR count). The predicted molar refractivity (Wildman–Crippen MR) is 139 cm³/mol. The lowest BCUT2D eigenvalue weighted by Gasteiger charge is -2.25. The van der Waals surface area contributed by atoms with Crippen molar-refractivity contribution in [1.82, 2.24) is 4.90 Å². The number of hydrazine groups is 1. The molecule has 1 aliphatic heterocycles. The minimum absolute atomic E-state index is 0.0647. The first-order valence-electron chi connectivity index (χ1n) is 12.0. The molecule has 190 valence electrons. The minimum atomic E-state index is -0.886. The number of halogens is 1. The fourth-order valence-electron chi connectivity index (χ4n) is 4.89. The van der Waals surface area contributed by atoms with Gasteiger partial charge in [-0.3, -0.25) is 9.69 Å². The highest BCUT2D eigenvalue weighted by Gasteiger charge is 2.24. The second kappa shape index (κ2) is 10.6. The zero-order valence-electron chi connectivity index (χ0n) is 20.9. The maximum absolute atomic E-state index is 14.2. The van der Waals surface area contributed by atoms with Crippen molar-refractivity contribution in [2.75, 3.05) is 30.9 Å². The Morgan fingerprint density at radius 1 is 1.22 bits per heavy atom. The number of hydrogen-bond acceptors (Lipinski definition) is 6. The second-order valence-corrected chi connectivity index (χ2v) is 9.45. The highest BCUT2D eigenvalue weighted by molar-refractivity contribution is 5.74. The molecule has 0 aromatic heterocycles. The lowest BCUT2D eigenvalue weighted by Crippen LogP contribution is -2.26. The molecule has 0 saturated heterocycles. The molecule has 1 aliphatic rings. The third-order valence-electron chi connectivity index (χ3n) is 6.93. The number of carbonyl (C=O) groups is 1. The summed E-state index contributed by atoms with van der Waals surface area (Å²) in [5, 5.41) is 11.2. The Kier molecular flexibility index (Phi) is 7.47. The van der Waals surface area contributed by atoms with E-state index in [1.165, 1.54) is 11.1 Å². The molecule has 36 heavy (non-hydrogen) atoms. The van der Waals surface area contributed by atoms with E-state index < -0.39 is 5.97 Å². The van der Waals surface area contributed by atoms with Crippen molar-refractivity contribution in [3.8, 4) is 5.75 Å². The smallest absolute Gasteiger partial charge is 0.304 e. The number of nitrogen functional groups attached to an aromatic ring is 1. The van der Waals surface area contributed by atoms with Gasteiger partial charge in [-0.15, -0.1) is 0 Å². The standard InChI is InChI=1S/C28H33FN4O3/c1-17-7-8-19(23(14-26(34)35)22-9-10-25(32(3)31)27(30)18(22)2)13-21(17)16-33-11-12-36-28-20(15-33)5-4-6-24(28)29/h4-10,13,23H,11-12,14-16,30-31H2,1-3H3,(H,34,35). The molecule has 0 saturated carbocycles. The normalized spacial score (nSPS) is 14.5. The van der Waals surface area contributed by atoms with Crippen LogP contribution in [-0.2, 0) is 17.9 Å². The molecule has 1 unspecified atom stereocenters. The molecule has 0 fully saturated rings. The highest BCUT2D eigenvalue weighted by Crippen LogP contribution is 2.37. The Morgan fingerprint density at radius 2 is 2.00 bits per heavy atom. The Hall–Kier alpha value is -3.62. The number of carboxylic acid groups (broad SMARTS) is 1. The summed E-state index contributed by atoms with van der Waals surface area (Å²) in [6.45, 7) is 6.20. The first-order chi connectivity index (χ1) is 17.2. The van der Waals surface area contributed by atoms with E-state index >= 15 is 0 Å². The summed E-state index contributed by atoms with van der Waals surface area (Å²) < 4.78 is 19.9. The fourth-order valence-corrected chi connectivity index (χ4v) is 4.89. The van der Waals surface area contributed by atoms with E-state index in [2.05, 4.69) is 11.0 Å². The van der Waals surface area contributed by atoms with Gasteiger partial charge in [-0.25, -0.2) is 10.2 Å². The monoisotopic (exact) mass is 492 g/mol. The Morgan fingerprint density at radius 3 is 2.72 bits per heavy atom. The molecule has 0 bridgehead atoms. The summed E-state index contributed by atoms with van der Waals surface area (Å²) >= 11 is 0. The van der Waals surface area contributed by atoms with Crippen LogP contribution in [0.4, 0.5) is 15.8 Å². The summed E-state index contributed by atoms with van der Waals surface area (Å²) in [6.07, 6.45) is -0.0647. The number of aryl methyl sites for hydroxylation is 1. The molecular weight excluding hydrogens is 459 g/mol. The van der Waals surface area contributed by atoms with Crippen LogP contribution >= 0.6 is 0 Å². The Bertz CT molecular complexity index is 1280. The third-order valence-corrected chi connectivity index (χ3v) is 6.93. The highest BCUT2D eigenvalue weighted by atomic mass is 19.1. The Balaban J connectivity index is 1.67. The average molecular weight is 493 g/mol. The molecule has 0 amide bonds. The molecule has 0 aliphatic carbocycles. The summed E-state index contributed by atoms with van der Waals surface area (Å²) in [5.74, 6) is 4.63. The van der Waals surface area contributed by atoms with Crippen molar-refractivity contribution in [3.63, 3.8) is 0 Å². The van der Waals surface area contributed by atoms with Crippen LogP contribution in [0.3, 0.4) is 0 Å². The van der Waals surface area contributed by atoms with Gasteiger partial charge in [0.05, 0.1) is 17.8 Å². The van der Waals surface area contributed by atoms with Crippen LogP contribution in [0.1, 0.15) is 45.7 Å². The lowest BCUT2D eigenvalue weighted by atomic mass is 9.84. The molecule has 7 nitrogen and oxygen atoms in total. The molecule has 0 radical (unpaired) electrons. The lowest BCUT2D eigenvalue weighted by molar-refractivity contribution is -0.137. The van der Waals surface area contributed by atoms with Crippen molar-refractivity contribution in [2.24, 2.45) is 5.84 Å². The van der Waals surface area contributed by atoms with Gasteiger partial charge in [0.2, 0.25) is 0 Å². The number of nitrogens with zero attached hydrogens (tertiary/aromatic N) is 2. The van der Waals surface area contributed by atoms with E-state index in [0.717, 1.165) is 33.4 Å². The number of rotatable bonds is 7. The number of para-hydroxylation sites is 1. The fraction of sp³-hybridized carbons (Fsp3) is 0.321. The molecule has 8 heteroatoms. The first kappa shape index (κ1) is 25.5. The van der Waals surface area contributed by atoms with E-state index in [1.807, 2.05) is 44.2 Å². The van der Waals surface area contributed by atoms with E-state index in [9.17, 15) is 14.3 Å². The molecule has 3 aromatic carbocycles. The summed E-state index contributed by atoms with van der Waals surface area (Å²) in [7, 11) is 1.71. The van der Waals surface area contributed by atoms with Gasteiger partial charge in [0, 0.05) is 38.2 Å². The van der Waals surface area contributed by atoms with E-state index in [0.29, 0.717) is 43.4 Å². The SMILES string of the molecule is Cc1ccc(C(CC(=O)O)c2ccc(N(C)N)c(N)c2C)cc1CN1CCOc2c(F)cccc2C1. The maximum Gasteiger partial charge on any atom is 0.304 e. The summed E-state index contributed by atoms with van der Waals surface area (Å²) in [4.78, 5) is 14.1.